The van der Waals surface area contributed by atoms with Crippen LogP contribution in [0.15, 0.2) is 40.6 Å². The van der Waals surface area contributed by atoms with Crippen molar-refractivity contribution in [1.29, 1.82) is 0 Å². The van der Waals surface area contributed by atoms with E-state index in [1.54, 1.807) is 30.6 Å². The van der Waals surface area contributed by atoms with Crippen molar-refractivity contribution in [2.75, 3.05) is 5.75 Å². The maximum absolute atomic E-state index is 9.75. The molecule has 1 aromatic carbocycles. The van der Waals surface area contributed by atoms with Crippen molar-refractivity contribution in [3.05, 3.63) is 36.0 Å². The van der Waals surface area contributed by atoms with E-state index >= 15 is 0 Å². The molecule has 0 saturated heterocycles. The first kappa shape index (κ1) is 13.6. The summed E-state index contributed by atoms with van der Waals surface area (Å²) in [6.07, 6.45) is 3.23. The molecule has 2 heterocycles. The summed E-state index contributed by atoms with van der Waals surface area (Å²) in [6, 6.07) is 7.01. The molecule has 6 nitrogen and oxygen atoms in total. The summed E-state index contributed by atoms with van der Waals surface area (Å²) in [4.78, 5) is 13.2. The molecule has 0 bridgehead atoms. The minimum atomic E-state index is 0.182. The summed E-state index contributed by atoms with van der Waals surface area (Å²) in [7, 11) is 0. The van der Waals surface area contributed by atoms with Crippen LogP contribution < -0.4 is 0 Å². The van der Waals surface area contributed by atoms with Crippen LogP contribution in [0.25, 0.3) is 11.0 Å². The molecule has 3 rings (SSSR count). The number of para-hydroxylation sites is 1. The monoisotopic (exact) mass is 299 g/mol. The summed E-state index contributed by atoms with van der Waals surface area (Å²) in [5.74, 6) is 1.59. The largest absolute Gasteiger partial charge is 0.507 e. The Morgan fingerprint density at radius 3 is 3.00 bits per heavy atom. The second kappa shape index (κ2) is 5.92. The molecule has 2 aromatic heterocycles. The molecular formula is C14H13N5OS. The van der Waals surface area contributed by atoms with Crippen LogP contribution in [0.1, 0.15) is 12.5 Å². The molecule has 0 saturated carbocycles. The van der Waals surface area contributed by atoms with Gasteiger partial charge in [0.15, 0.2) is 16.6 Å². The lowest BCUT2D eigenvalue weighted by atomic mass is 10.2. The highest BCUT2D eigenvalue weighted by atomic mass is 32.2. The Balaban J connectivity index is 2.03. The zero-order chi connectivity index (χ0) is 14.7. The van der Waals surface area contributed by atoms with E-state index in [1.807, 2.05) is 13.0 Å². The molecule has 0 aliphatic carbocycles. The summed E-state index contributed by atoms with van der Waals surface area (Å²) >= 11 is 1.54. The lowest BCUT2D eigenvalue weighted by Gasteiger charge is -2.01. The topological polar surface area (TPSA) is 87.0 Å². The van der Waals surface area contributed by atoms with Crippen molar-refractivity contribution in [1.82, 2.24) is 20.2 Å². The molecule has 0 aliphatic heterocycles. The van der Waals surface area contributed by atoms with Gasteiger partial charge < -0.3 is 5.11 Å². The average molecular weight is 299 g/mol. The van der Waals surface area contributed by atoms with Crippen LogP contribution in [0.2, 0.25) is 0 Å². The van der Waals surface area contributed by atoms with Crippen LogP contribution in [0.4, 0.5) is 5.82 Å². The quantitative estimate of drug-likeness (QED) is 0.439. The second-order valence-electron chi connectivity index (χ2n) is 4.21. The highest BCUT2D eigenvalue weighted by Gasteiger charge is 2.08. The Morgan fingerprint density at radius 1 is 1.33 bits per heavy atom. The highest BCUT2D eigenvalue weighted by molar-refractivity contribution is 7.99. The molecule has 0 atom stereocenters. The van der Waals surface area contributed by atoms with E-state index < -0.39 is 0 Å². The van der Waals surface area contributed by atoms with E-state index in [2.05, 4.69) is 25.2 Å². The van der Waals surface area contributed by atoms with E-state index in [4.69, 9.17) is 0 Å². The number of aromatic hydroxyl groups is 1. The van der Waals surface area contributed by atoms with E-state index in [0.29, 0.717) is 22.2 Å². The fourth-order valence-electron chi connectivity index (χ4n) is 1.82. The van der Waals surface area contributed by atoms with Gasteiger partial charge in [0, 0.05) is 11.8 Å². The van der Waals surface area contributed by atoms with Crippen LogP contribution in [0, 0.1) is 0 Å². The molecular weight excluding hydrogens is 286 g/mol. The van der Waals surface area contributed by atoms with Crippen LogP contribution in [-0.2, 0) is 0 Å². The number of benzene rings is 1. The number of thioether (sulfide) groups is 1. The van der Waals surface area contributed by atoms with Crippen molar-refractivity contribution >= 4 is 34.8 Å². The van der Waals surface area contributed by atoms with Crippen LogP contribution >= 0.6 is 11.8 Å². The number of hydrogen-bond donors (Lipinski definition) is 2. The average Bonchev–Trinajstić information content (AvgIpc) is 2.95. The lowest BCUT2D eigenvalue weighted by molar-refractivity contribution is 0.474. The predicted octanol–water partition coefficient (Wildman–Crippen LogP) is 2.92. The molecule has 7 heteroatoms. The summed E-state index contributed by atoms with van der Waals surface area (Å²) in [6.45, 7) is 2.04. The van der Waals surface area contributed by atoms with Crippen molar-refractivity contribution in [2.24, 2.45) is 4.99 Å². The molecule has 0 spiro atoms. The Hall–Kier alpha value is -2.41. The Bertz CT molecular complexity index is 799. The third-order valence-corrected chi connectivity index (χ3v) is 3.53. The maximum Gasteiger partial charge on any atom is 0.191 e. The zero-order valence-corrected chi connectivity index (χ0v) is 12.1. The van der Waals surface area contributed by atoms with Crippen molar-refractivity contribution in [3.63, 3.8) is 0 Å². The zero-order valence-electron chi connectivity index (χ0n) is 11.3. The molecule has 0 radical (unpaired) electrons. The van der Waals surface area contributed by atoms with E-state index in [-0.39, 0.29) is 5.75 Å². The van der Waals surface area contributed by atoms with Gasteiger partial charge in [0.05, 0.1) is 11.6 Å². The summed E-state index contributed by atoms with van der Waals surface area (Å²) < 4.78 is 0. The number of hydrogen-bond acceptors (Lipinski definition) is 6. The van der Waals surface area contributed by atoms with Crippen molar-refractivity contribution in [2.45, 2.75) is 12.1 Å². The number of aliphatic imine (C=N–C) groups is 1. The molecule has 3 aromatic rings. The Labute approximate surface area is 125 Å². The third-order valence-electron chi connectivity index (χ3n) is 2.81. The van der Waals surface area contributed by atoms with Crippen LogP contribution in [0.5, 0.6) is 5.75 Å². The van der Waals surface area contributed by atoms with Crippen LogP contribution in [0.3, 0.4) is 0 Å². The molecule has 0 fully saturated rings. The second-order valence-corrected chi connectivity index (χ2v) is 5.44. The number of nitrogens with one attached hydrogen (secondary N) is 1. The van der Waals surface area contributed by atoms with Gasteiger partial charge in [-0.25, -0.2) is 15.0 Å². The van der Waals surface area contributed by atoms with Gasteiger partial charge in [-0.2, -0.15) is 5.10 Å². The SMILES string of the molecule is CCSc1nc(N=Cc2ccccc2O)c2cn[nH]c2n1. The first-order valence-corrected chi connectivity index (χ1v) is 7.42. The number of aromatic amines is 1. The Morgan fingerprint density at radius 2 is 2.19 bits per heavy atom. The van der Waals surface area contributed by atoms with Gasteiger partial charge >= 0.3 is 0 Å². The molecule has 106 valence electrons. The number of aromatic nitrogens is 4. The first-order valence-electron chi connectivity index (χ1n) is 6.44. The van der Waals surface area contributed by atoms with Gasteiger partial charge in [-0.15, -0.1) is 0 Å². The normalized spacial score (nSPS) is 11.5. The van der Waals surface area contributed by atoms with Gasteiger partial charge in [0.25, 0.3) is 0 Å². The number of rotatable bonds is 4. The summed E-state index contributed by atoms with van der Waals surface area (Å²) in [5, 5.41) is 18.0. The maximum atomic E-state index is 9.75. The highest BCUT2D eigenvalue weighted by Crippen LogP contribution is 2.25. The standard InChI is InChI=1S/C14H13N5OS/c1-2-21-14-17-12(10-8-16-19-13(10)18-14)15-7-9-5-3-4-6-11(9)20/h3-8,20H,2H2,1H3,(H,16,17,18,19). The molecule has 2 N–H and O–H groups in total. The lowest BCUT2D eigenvalue weighted by Crippen LogP contribution is -1.89. The van der Waals surface area contributed by atoms with Crippen molar-refractivity contribution < 1.29 is 5.11 Å². The number of phenolic OH excluding ortho intramolecular Hbond substituents is 1. The van der Waals surface area contributed by atoms with Gasteiger partial charge in [0.1, 0.15) is 5.75 Å². The van der Waals surface area contributed by atoms with Crippen molar-refractivity contribution in [3.8, 4) is 5.75 Å². The van der Waals surface area contributed by atoms with E-state index in [9.17, 15) is 5.11 Å². The van der Waals surface area contributed by atoms with Gasteiger partial charge in [-0.3, -0.25) is 5.10 Å². The fourth-order valence-corrected chi connectivity index (χ4v) is 2.38. The summed E-state index contributed by atoms with van der Waals surface area (Å²) in [5.41, 5.74) is 1.29. The number of phenols is 1. The molecule has 0 amide bonds. The van der Waals surface area contributed by atoms with Gasteiger partial charge in [-0.05, 0) is 17.9 Å². The molecule has 0 unspecified atom stereocenters. The number of fused-ring (bicyclic) bond motifs is 1. The van der Waals surface area contributed by atoms with Gasteiger partial charge in [0.2, 0.25) is 0 Å². The first-order chi connectivity index (χ1) is 10.3. The molecule has 0 aliphatic rings. The van der Waals surface area contributed by atoms with E-state index in [0.717, 1.165) is 11.1 Å². The minimum Gasteiger partial charge on any atom is -0.507 e. The van der Waals surface area contributed by atoms with Gasteiger partial charge in [-0.1, -0.05) is 30.8 Å². The van der Waals surface area contributed by atoms with E-state index in [1.165, 1.54) is 11.8 Å². The smallest absolute Gasteiger partial charge is 0.191 e. The predicted molar refractivity (Wildman–Crippen MR) is 83.4 cm³/mol. The number of nitrogens with zero attached hydrogens (tertiary/aromatic N) is 4. The van der Waals surface area contributed by atoms with Crippen LogP contribution in [-0.4, -0.2) is 37.2 Å². The number of H-pyrrole nitrogens is 1. The third kappa shape index (κ3) is 2.87. The minimum absolute atomic E-state index is 0.182. The Kier molecular flexibility index (Phi) is 3.83. The fraction of sp³-hybridized carbons (Fsp3) is 0.143. The molecule has 21 heavy (non-hydrogen) atoms.